The summed E-state index contributed by atoms with van der Waals surface area (Å²) in [7, 11) is 0. The van der Waals surface area contributed by atoms with Gasteiger partial charge in [-0.1, -0.05) is 281 Å². The minimum atomic E-state index is -1.10. The van der Waals surface area contributed by atoms with Crippen molar-refractivity contribution in [2.75, 3.05) is 6.61 Å². The minimum Gasteiger partial charge on any atom is -0.394 e. The maximum Gasteiger partial charge on any atom is 0.249 e. The summed E-state index contributed by atoms with van der Waals surface area (Å²) >= 11 is 0. The first-order chi connectivity index (χ1) is 30.6. The van der Waals surface area contributed by atoms with Gasteiger partial charge in [0.1, 0.15) is 6.10 Å². The van der Waals surface area contributed by atoms with Gasteiger partial charge in [0.15, 0.2) is 0 Å². The molecule has 0 aromatic rings. The van der Waals surface area contributed by atoms with Crippen LogP contribution in [0, 0.1) is 0 Å². The molecule has 0 spiro atoms. The molecule has 0 saturated carbocycles. The second kappa shape index (κ2) is 52.2. The number of aliphatic hydroxyl groups excluding tert-OH is 3. The Morgan fingerprint density at radius 3 is 1.02 bits per heavy atom. The van der Waals surface area contributed by atoms with E-state index >= 15 is 0 Å². The molecule has 0 fully saturated rings. The number of carbonyl (C=O) groups is 1. The molecule has 0 aliphatic rings. The van der Waals surface area contributed by atoms with E-state index < -0.39 is 24.2 Å². The number of unbranched alkanes of at least 4 members (excludes halogenated alkanes) is 39. The fourth-order valence-corrected chi connectivity index (χ4v) is 8.63. The monoisotopic (exact) mass is 872 g/mol. The summed E-state index contributed by atoms with van der Waals surface area (Å²) in [6.07, 6.45) is 67.8. The molecule has 0 aliphatic carbocycles. The molecule has 366 valence electrons. The summed E-state index contributed by atoms with van der Waals surface area (Å²) in [6, 6.07) is -0.800. The van der Waals surface area contributed by atoms with Crippen molar-refractivity contribution in [3.8, 4) is 0 Å². The SMILES string of the molecule is CCCCCCCCCCC/C=C\C/C=C\CCCCCCCCCCCCC(O)C(=O)NC(CO)C(O)/C=C/CCCCCCCCCCCCCCCCCCCCCC. The molecular formula is C57H109NO4. The Labute approximate surface area is 387 Å². The van der Waals surface area contributed by atoms with Gasteiger partial charge in [0.25, 0.3) is 0 Å². The van der Waals surface area contributed by atoms with E-state index in [1.165, 1.54) is 238 Å². The highest BCUT2D eigenvalue weighted by molar-refractivity contribution is 5.80. The molecule has 0 rings (SSSR count). The summed E-state index contributed by atoms with van der Waals surface area (Å²) in [5, 5.41) is 33.4. The third kappa shape index (κ3) is 46.6. The number of amides is 1. The Morgan fingerprint density at radius 2 is 0.694 bits per heavy atom. The van der Waals surface area contributed by atoms with E-state index in [1.54, 1.807) is 6.08 Å². The average Bonchev–Trinajstić information content (AvgIpc) is 3.28. The normalized spacial score (nSPS) is 13.6. The Bertz CT molecular complexity index is 962. The first-order valence-corrected chi connectivity index (χ1v) is 27.8. The molecule has 3 unspecified atom stereocenters. The zero-order chi connectivity index (χ0) is 45.1. The second-order valence-corrected chi connectivity index (χ2v) is 19.1. The largest absolute Gasteiger partial charge is 0.394 e. The predicted molar refractivity (Wildman–Crippen MR) is 273 cm³/mol. The minimum absolute atomic E-state index is 0.363. The van der Waals surface area contributed by atoms with Crippen molar-refractivity contribution in [2.45, 2.75) is 315 Å². The number of hydrogen-bond donors (Lipinski definition) is 4. The summed E-state index contributed by atoms with van der Waals surface area (Å²) < 4.78 is 0. The van der Waals surface area contributed by atoms with E-state index in [9.17, 15) is 20.1 Å². The van der Waals surface area contributed by atoms with Crippen LogP contribution in [-0.2, 0) is 4.79 Å². The molecule has 5 nitrogen and oxygen atoms in total. The van der Waals surface area contributed by atoms with Gasteiger partial charge in [-0.15, -0.1) is 0 Å². The van der Waals surface area contributed by atoms with Gasteiger partial charge < -0.3 is 20.6 Å². The molecule has 0 aromatic heterocycles. The zero-order valence-corrected chi connectivity index (χ0v) is 41.8. The molecule has 62 heavy (non-hydrogen) atoms. The van der Waals surface area contributed by atoms with Crippen molar-refractivity contribution in [3.63, 3.8) is 0 Å². The lowest BCUT2D eigenvalue weighted by molar-refractivity contribution is -0.131. The van der Waals surface area contributed by atoms with Crippen LogP contribution in [0.15, 0.2) is 36.5 Å². The molecule has 3 atom stereocenters. The topological polar surface area (TPSA) is 89.8 Å². The Balaban J connectivity index is 3.60. The first-order valence-electron chi connectivity index (χ1n) is 27.8. The highest BCUT2D eigenvalue weighted by Gasteiger charge is 2.22. The molecular weight excluding hydrogens is 763 g/mol. The average molecular weight is 873 g/mol. The van der Waals surface area contributed by atoms with Crippen LogP contribution in [0.5, 0.6) is 0 Å². The molecule has 0 aromatic carbocycles. The van der Waals surface area contributed by atoms with Crippen LogP contribution < -0.4 is 5.32 Å². The third-order valence-electron chi connectivity index (χ3n) is 13.0. The molecule has 5 heteroatoms. The highest BCUT2D eigenvalue weighted by atomic mass is 16.3. The van der Waals surface area contributed by atoms with Gasteiger partial charge in [-0.25, -0.2) is 0 Å². The number of carbonyl (C=O) groups excluding carboxylic acids is 1. The number of nitrogens with one attached hydrogen (secondary N) is 1. The van der Waals surface area contributed by atoms with Gasteiger partial charge in [-0.2, -0.15) is 0 Å². The summed E-state index contributed by atoms with van der Waals surface area (Å²) in [4.78, 5) is 12.5. The van der Waals surface area contributed by atoms with Gasteiger partial charge in [-0.05, 0) is 51.4 Å². The standard InChI is InChI=1S/C57H109NO4/c1-3-5-7-9-11-13-15-17-19-21-23-25-27-28-29-30-32-34-36-38-40-42-44-46-48-50-52-56(61)57(62)58-54(53-59)55(60)51-49-47-45-43-41-39-37-35-33-31-26-24-22-20-18-16-14-12-10-8-6-4-2/h23,25,28-29,49,51,54-56,59-61H,3-22,24,26-27,30-48,50,52-53H2,1-2H3,(H,58,62)/b25-23-,29-28-,51-49+. The van der Waals surface area contributed by atoms with E-state index in [-0.39, 0.29) is 6.61 Å². The molecule has 0 radical (unpaired) electrons. The Kier molecular flexibility index (Phi) is 51.0. The van der Waals surface area contributed by atoms with Gasteiger partial charge in [0.2, 0.25) is 5.91 Å². The number of allylic oxidation sites excluding steroid dienone is 5. The van der Waals surface area contributed by atoms with E-state index in [0.717, 1.165) is 38.5 Å². The summed E-state index contributed by atoms with van der Waals surface area (Å²) in [5.41, 5.74) is 0. The van der Waals surface area contributed by atoms with Crippen LogP contribution in [0.4, 0.5) is 0 Å². The highest BCUT2D eigenvalue weighted by Crippen LogP contribution is 2.17. The van der Waals surface area contributed by atoms with Crippen LogP contribution >= 0.6 is 0 Å². The smallest absolute Gasteiger partial charge is 0.249 e. The lowest BCUT2D eigenvalue weighted by Gasteiger charge is -2.21. The quantitative estimate of drug-likeness (QED) is 0.0362. The van der Waals surface area contributed by atoms with Crippen LogP contribution in [0.3, 0.4) is 0 Å². The van der Waals surface area contributed by atoms with Crippen LogP contribution in [0.1, 0.15) is 296 Å². The lowest BCUT2D eigenvalue weighted by atomic mass is 10.0. The molecule has 0 heterocycles. The Morgan fingerprint density at radius 1 is 0.403 bits per heavy atom. The molecule has 0 bridgehead atoms. The number of hydrogen-bond acceptors (Lipinski definition) is 4. The fourth-order valence-electron chi connectivity index (χ4n) is 8.63. The number of rotatable bonds is 51. The lowest BCUT2D eigenvalue weighted by Crippen LogP contribution is -2.48. The molecule has 1 amide bonds. The van der Waals surface area contributed by atoms with Crippen LogP contribution in [0.2, 0.25) is 0 Å². The maximum absolute atomic E-state index is 12.5. The van der Waals surface area contributed by atoms with Crippen molar-refractivity contribution in [1.29, 1.82) is 0 Å². The van der Waals surface area contributed by atoms with Crippen molar-refractivity contribution in [3.05, 3.63) is 36.5 Å². The molecule has 4 N–H and O–H groups in total. The van der Waals surface area contributed by atoms with E-state index in [1.807, 2.05) is 6.08 Å². The Hall–Kier alpha value is -1.43. The molecule has 0 aliphatic heterocycles. The van der Waals surface area contributed by atoms with E-state index in [2.05, 4.69) is 43.5 Å². The predicted octanol–water partition coefficient (Wildman–Crippen LogP) is 17.1. The van der Waals surface area contributed by atoms with Crippen molar-refractivity contribution in [2.24, 2.45) is 0 Å². The summed E-state index contributed by atoms with van der Waals surface area (Å²) in [6.45, 7) is 4.21. The van der Waals surface area contributed by atoms with Gasteiger partial charge in [0, 0.05) is 0 Å². The first kappa shape index (κ1) is 60.6. The zero-order valence-electron chi connectivity index (χ0n) is 41.8. The number of aliphatic hydroxyl groups is 3. The van der Waals surface area contributed by atoms with Crippen LogP contribution in [-0.4, -0.2) is 46.1 Å². The molecule has 0 saturated heterocycles. The van der Waals surface area contributed by atoms with Gasteiger partial charge in [-0.3, -0.25) is 4.79 Å². The fraction of sp³-hybridized carbons (Fsp3) is 0.877. The van der Waals surface area contributed by atoms with Crippen LogP contribution in [0.25, 0.3) is 0 Å². The van der Waals surface area contributed by atoms with E-state index in [0.29, 0.717) is 6.42 Å². The third-order valence-corrected chi connectivity index (χ3v) is 13.0. The van der Waals surface area contributed by atoms with Gasteiger partial charge >= 0.3 is 0 Å². The summed E-state index contributed by atoms with van der Waals surface area (Å²) in [5.74, 6) is -0.502. The van der Waals surface area contributed by atoms with Crippen molar-refractivity contribution in [1.82, 2.24) is 5.32 Å². The van der Waals surface area contributed by atoms with E-state index in [4.69, 9.17) is 0 Å². The maximum atomic E-state index is 12.5. The second-order valence-electron chi connectivity index (χ2n) is 19.1. The van der Waals surface area contributed by atoms with Gasteiger partial charge in [0.05, 0.1) is 18.8 Å². The van der Waals surface area contributed by atoms with Crippen molar-refractivity contribution < 1.29 is 20.1 Å². The van der Waals surface area contributed by atoms with Crippen molar-refractivity contribution >= 4 is 5.91 Å².